The summed E-state index contributed by atoms with van der Waals surface area (Å²) in [5, 5.41) is 20.8. The van der Waals surface area contributed by atoms with Gasteiger partial charge < -0.3 is 37.1 Å². The quantitative estimate of drug-likeness (QED) is 0.152. The summed E-state index contributed by atoms with van der Waals surface area (Å²) in [5.41, 5.74) is 6.93. The molecular weight excluding hydrogens is 490 g/mol. The van der Waals surface area contributed by atoms with Crippen LogP contribution in [0.1, 0.15) is 43.4 Å². The van der Waals surface area contributed by atoms with Crippen molar-refractivity contribution < 1.29 is 24.3 Å². The van der Waals surface area contributed by atoms with Crippen molar-refractivity contribution in [3.05, 3.63) is 54.1 Å². The van der Waals surface area contributed by atoms with E-state index < -0.39 is 35.9 Å². The van der Waals surface area contributed by atoms with E-state index in [1.165, 1.54) is 12.5 Å². The van der Waals surface area contributed by atoms with Gasteiger partial charge in [0.25, 0.3) is 0 Å². The highest BCUT2D eigenvalue weighted by Gasteiger charge is 2.32. The smallest absolute Gasteiger partial charge is 0.326 e. The highest BCUT2D eigenvalue weighted by molar-refractivity contribution is 5.94. The average molecular weight is 528 g/mol. The van der Waals surface area contributed by atoms with Crippen LogP contribution in [0.15, 0.2) is 42.9 Å². The summed E-state index contributed by atoms with van der Waals surface area (Å²) in [6.45, 7) is 1.15. The van der Waals surface area contributed by atoms with Crippen molar-refractivity contribution in [3.8, 4) is 0 Å². The molecule has 1 aliphatic rings. The molecule has 3 rings (SSSR count). The third-order valence-corrected chi connectivity index (χ3v) is 6.47. The van der Waals surface area contributed by atoms with Crippen molar-refractivity contribution in [1.82, 2.24) is 31.2 Å². The molecular formula is C26H37N7O5. The maximum absolute atomic E-state index is 13.5. The molecule has 0 radical (unpaired) electrons. The number of aromatic amines is 1. The van der Waals surface area contributed by atoms with Gasteiger partial charge in [-0.3, -0.25) is 14.4 Å². The van der Waals surface area contributed by atoms with Crippen molar-refractivity contribution in [2.75, 3.05) is 13.1 Å². The molecule has 1 fully saturated rings. The van der Waals surface area contributed by atoms with E-state index in [9.17, 15) is 24.3 Å². The minimum atomic E-state index is -1.17. The number of carboxylic acid groups (broad SMARTS) is 1. The van der Waals surface area contributed by atoms with Gasteiger partial charge in [0.05, 0.1) is 12.4 Å². The number of aliphatic carboxylic acids is 1. The zero-order valence-corrected chi connectivity index (χ0v) is 21.3. The highest BCUT2D eigenvalue weighted by Crippen LogP contribution is 2.09. The second kappa shape index (κ2) is 14.8. The third kappa shape index (κ3) is 8.96. The van der Waals surface area contributed by atoms with E-state index in [1.54, 1.807) is 0 Å². The van der Waals surface area contributed by atoms with Crippen LogP contribution in [0.5, 0.6) is 0 Å². The molecule has 1 aromatic heterocycles. The molecule has 12 nitrogen and oxygen atoms in total. The first-order chi connectivity index (χ1) is 18.4. The Labute approximate surface area is 221 Å². The number of carbonyl (C=O) groups excluding carboxylic acids is 3. The lowest BCUT2D eigenvalue weighted by molar-refractivity contribution is -0.142. The van der Waals surface area contributed by atoms with Crippen LogP contribution in [-0.2, 0) is 32.0 Å². The summed E-state index contributed by atoms with van der Waals surface area (Å²) >= 11 is 0. The lowest BCUT2D eigenvalue weighted by Gasteiger charge is -2.25. The van der Waals surface area contributed by atoms with E-state index in [1.807, 2.05) is 30.3 Å². The molecule has 2 heterocycles. The number of nitrogens with two attached hydrogens (primary N) is 1. The molecule has 2 aromatic rings. The van der Waals surface area contributed by atoms with Gasteiger partial charge in [0.15, 0.2) is 0 Å². The van der Waals surface area contributed by atoms with Crippen LogP contribution in [0.2, 0.25) is 0 Å². The summed E-state index contributed by atoms with van der Waals surface area (Å²) < 4.78 is 0. The summed E-state index contributed by atoms with van der Waals surface area (Å²) in [6.07, 6.45) is 6.18. The van der Waals surface area contributed by atoms with Crippen LogP contribution in [-0.4, -0.2) is 76.0 Å². The Hall–Kier alpha value is -3.77. The Morgan fingerprint density at radius 1 is 1.00 bits per heavy atom. The van der Waals surface area contributed by atoms with E-state index in [4.69, 9.17) is 5.73 Å². The van der Waals surface area contributed by atoms with Crippen LogP contribution < -0.4 is 27.0 Å². The van der Waals surface area contributed by atoms with Gasteiger partial charge in [-0.25, -0.2) is 9.78 Å². The van der Waals surface area contributed by atoms with E-state index in [0.717, 1.165) is 18.5 Å². The Bertz CT molecular complexity index is 1040. The fraction of sp³-hybridized carbons (Fsp3) is 0.500. The second-order valence-corrected chi connectivity index (χ2v) is 9.43. The Balaban J connectivity index is 1.76. The molecule has 206 valence electrons. The molecule has 4 unspecified atom stereocenters. The van der Waals surface area contributed by atoms with Crippen LogP contribution in [0.25, 0.3) is 0 Å². The number of carbonyl (C=O) groups is 4. The zero-order valence-electron chi connectivity index (χ0n) is 21.3. The molecule has 1 aromatic carbocycles. The lowest BCUT2D eigenvalue weighted by atomic mass is 10.0. The van der Waals surface area contributed by atoms with Gasteiger partial charge in [0, 0.05) is 24.7 Å². The number of amides is 3. The molecule has 12 heteroatoms. The molecule has 8 N–H and O–H groups in total. The van der Waals surface area contributed by atoms with Crippen LogP contribution in [0, 0.1) is 0 Å². The maximum Gasteiger partial charge on any atom is 0.326 e. The van der Waals surface area contributed by atoms with Crippen molar-refractivity contribution in [3.63, 3.8) is 0 Å². The molecule has 1 saturated heterocycles. The number of hydrogen-bond acceptors (Lipinski definition) is 7. The maximum atomic E-state index is 13.5. The SMILES string of the molecule is NCCCCC(NC(=O)C(Cc1cnc[nH]1)NC(=O)C(Cc1ccccc1)NC(=O)C1CCCN1)C(=O)O. The molecule has 0 aliphatic carbocycles. The third-order valence-electron chi connectivity index (χ3n) is 6.47. The number of unbranched alkanes of at least 4 members (excludes halogenated alkanes) is 1. The summed E-state index contributed by atoms with van der Waals surface area (Å²) in [7, 11) is 0. The normalized spacial score (nSPS) is 17.2. The molecule has 3 amide bonds. The van der Waals surface area contributed by atoms with Crippen molar-refractivity contribution in [2.24, 2.45) is 5.73 Å². The van der Waals surface area contributed by atoms with Gasteiger partial charge in [0.2, 0.25) is 17.7 Å². The Morgan fingerprint density at radius 2 is 1.71 bits per heavy atom. The van der Waals surface area contributed by atoms with Gasteiger partial charge in [0.1, 0.15) is 18.1 Å². The predicted octanol–water partition coefficient (Wildman–Crippen LogP) is -0.385. The van der Waals surface area contributed by atoms with E-state index in [2.05, 4.69) is 31.2 Å². The summed E-state index contributed by atoms with van der Waals surface area (Å²) in [6, 6.07) is 5.71. The van der Waals surface area contributed by atoms with Gasteiger partial charge >= 0.3 is 5.97 Å². The largest absolute Gasteiger partial charge is 0.480 e. The van der Waals surface area contributed by atoms with Gasteiger partial charge in [-0.05, 0) is 50.8 Å². The number of aromatic nitrogens is 2. The minimum absolute atomic E-state index is 0.0584. The monoisotopic (exact) mass is 527 g/mol. The molecule has 4 atom stereocenters. The number of carboxylic acids is 1. The average Bonchev–Trinajstić information content (AvgIpc) is 3.62. The molecule has 1 aliphatic heterocycles. The number of rotatable bonds is 15. The molecule has 38 heavy (non-hydrogen) atoms. The number of nitrogens with one attached hydrogen (secondary N) is 5. The van der Waals surface area contributed by atoms with E-state index in [0.29, 0.717) is 31.5 Å². The fourth-order valence-corrected chi connectivity index (χ4v) is 4.36. The lowest BCUT2D eigenvalue weighted by Crippen LogP contribution is -2.58. The standard InChI is InChI=1S/C26H37N7O5/c27-11-5-4-9-20(26(37)38)31-25(36)22(14-18-15-28-16-30-18)33-24(35)21(13-17-7-2-1-3-8-17)32-23(34)19-10-6-12-29-19/h1-3,7-8,15-16,19-22,29H,4-6,9-14,27H2,(H,28,30)(H,31,36)(H,32,34)(H,33,35)(H,37,38). The fourth-order valence-electron chi connectivity index (χ4n) is 4.36. The van der Waals surface area contributed by atoms with Crippen LogP contribution >= 0.6 is 0 Å². The highest BCUT2D eigenvalue weighted by atomic mass is 16.4. The van der Waals surface area contributed by atoms with E-state index in [-0.39, 0.29) is 31.2 Å². The second-order valence-electron chi connectivity index (χ2n) is 9.43. The summed E-state index contributed by atoms with van der Waals surface area (Å²) in [5.74, 6) is -2.63. The molecule has 0 saturated carbocycles. The first-order valence-electron chi connectivity index (χ1n) is 13.0. The van der Waals surface area contributed by atoms with Crippen LogP contribution in [0.4, 0.5) is 0 Å². The van der Waals surface area contributed by atoms with E-state index >= 15 is 0 Å². The number of nitrogens with zero attached hydrogens (tertiary/aromatic N) is 1. The van der Waals surface area contributed by atoms with Crippen LogP contribution in [0.3, 0.4) is 0 Å². The molecule has 0 spiro atoms. The number of hydrogen-bond donors (Lipinski definition) is 7. The Kier molecular flexibility index (Phi) is 11.2. The zero-order chi connectivity index (χ0) is 27.3. The minimum Gasteiger partial charge on any atom is -0.480 e. The number of benzene rings is 1. The molecule has 0 bridgehead atoms. The van der Waals surface area contributed by atoms with Crippen molar-refractivity contribution in [2.45, 2.75) is 69.1 Å². The van der Waals surface area contributed by atoms with Gasteiger partial charge in [-0.2, -0.15) is 0 Å². The van der Waals surface area contributed by atoms with Gasteiger partial charge in [-0.1, -0.05) is 30.3 Å². The van der Waals surface area contributed by atoms with Crippen molar-refractivity contribution in [1.29, 1.82) is 0 Å². The topological polar surface area (TPSA) is 191 Å². The first kappa shape index (κ1) is 28.8. The number of imidazole rings is 1. The summed E-state index contributed by atoms with van der Waals surface area (Å²) in [4.78, 5) is 58.2. The van der Waals surface area contributed by atoms with Gasteiger partial charge in [-0.15, -0.1) is 0 Å². The van der Waals surface area contributed by atoms with Crippen molar-refractivity contribution >= 4 is 23.7 Å². The Morgan fingerprint density at radius 3 is 2.32 bits per heavy atom. The predicted molar refractivity (Wildman–Crippen MR) is 140 cm³/mol. The number of H-pyrrole nitrogens is 1. The first-order valence-corrected chi connectivity index (χ1v) is 13.0.